The number of anilines is 1. The second-order valence-electron chi connectivity index (χ2n) is 7.89. The Morgan fingerprint density at radius 3 is 2.55 bits per heavy atom. The molecule has 1 fully saturated rings. The number of nitrogens with one attached hydrogen (secondary N) is 2. The molecule has 4 rings (SSSR count). The van der Waals surface area contributed by atoms with E-state index in [0.717, 1.165) is 80.2 Å². The average molecular weight is 477 g/mol. The molecular weight excluding hydrogens is 449 g/mol. The number of halogens is 3. The molecule has 0 saturated carbocycles. The molecule has 2 aromatic carbocycles. The Hall–Kier alpha value is -2.33. The van der Waals surface area contributed by atoms with Gasteiger partial charge in [0.1, 0.15) is 0 Å². The van der Waals surface area contributed by atoms with Crippen molar-refractivity contribution in [3.8, 4) is 0 Å². The van der Waals surface area contributed by atoms with Gasteiger partial charge < -0.3 is 14.8 Å². The van der Waals surface area contributed by atoms with Crippen molar-refractivity contribution in [2.45, 2.75) is 24.0 Å². The molecule has 0 amide bonds. The Balaban J connectivity index is 1.32. The van der Waals surface area contributed by atoms with E-state index in [2.05, 4.69) is 14.9 Å². The van der Waals surface area contributed by atoms with E-state index in [4.69, 9.17) is 9.72 Å². The number of nitrogens with zero attached hydrogens (tertiary/aromatic N) is 2. The van der Waals surface area contributed by atoms with Crippen molar-refractivity contribution in [2.24, 2.45) is 0 Å². The maximum Gasteiger partial charge on any atom is 0.416 e. The highest BCUT2D eigenvalue weighted by molar-refractivity contribution is 8.00. The zero-order valence-electron chi connectivity index (χ0n) is 18.2. The Labute approximate surface area is 195 Å². The van der Waals surface area contributed by atoms with Crippen molar-refractivity contribution in [1.29, 1.82) is 0 Å². The molecular formula is C24H27F3N4OS. The van der Waals surface area contributed by atoms with Crippen LogP contribution in [0.2, 0.25) is 0 Å². The lowest BCUT2D eigenvalue weighted by atomic mass is 10.2. The zero-order chi connectivity index (χ0) is 23.1. The predicted molar refractivity (Wildman–Crippen MR) is 126 cm³/mol. The Bertz CT molecular complexity index is 1040. The van der Waals surface area contributed by atoms with Gasteiger partial charge in [-0.05, 0) is 67.9 Å². The molecule has 0 unspecified atom stereocenters. The lowest BCUT2D eigenvalue weighted by Gasteiger charge is -2.26. The van der Waals surface area contributed by atoms with E-state index in [1.165, 1.54) is 24.1 Å². The van der Waals surface area contributed by atoms with Crippen LogP contribution in [0.1, 0.15) is 17.7 Å². The van der Waals surface area contributed by atoms with Crippen LogP contribution >= 0.6 is 11.9 Å². The fourth-order valence-corrected chi connectivity index (χ4v) is 4.33. The highest BCUT2D eigenvalue weighted by Crippen LogP contribution is 2.32. The van der Waals surface area contributed by atoms with E-state index in [1.54, 1.807) is 0 Å². The van der Waals surface area contributed by atoms with E-state index in [9.17, 15) is 13.2 Å². The second kappa shape index (κ2) is 11.2. The number of ether oxygens (including phenoxy) is 1. The largest absolute Gasteiger partial charge is 0.416 e. The molecule has 3 aromatic rings. The first-order chi connectivity index (χ1) is 16.0. The Kier molecular flexibility index (Phi) is 8.08. The second-order valence-corrected chi connectivity index (χ2v) is 8.77. The first kappa shape index (κ1) is 23.8. The van der Waals surface area contributed by atoms with E-state index in [0.29, 0.717) is 11.4 Å². The van der Waals surface area contributed by atoms with Crippen molar-refractivity contribution in [3.05, 3.63) is 65.9 Å². The van der Waals surface area contributed by atoms with Gasteiger partial charge in [0.05, 0.1) is 35.7 Å². The molecule has 33 heavy (non-hydrogen) atoms. The van der Waals surface area contributed by atoms with Crippen molar-refractivity contribution in [2.75, 3.05) is 44.1 Å². The summed E-state index contributed by atoms with van der Waals surface area (Å²) in [5.74, 6) is 0. The standard InChI is InChI=1S/C24H27F3N4OS/c25-24(26,27)19-6-9-21(10-7-19)33-30-22-4-1-3-18-5-8-20(29-23(18)22)17-28-11-2-12-31-13-15-32-16-14-31/h1,3-10,28,30H,2,11-17H2. The first-order valence-corrected chi connectivity index (χ1v) is 11.8. The number of hydrogen-bond donors (Lipinski definition) is 2. The molecule has 9 heteroatoms. The molecule has 2 heterocycles. The molecule has 1 aromatic heterocycles. The van der Waals surface area contributed by atoms with Gasteiger partial charge in [0.25, 0.3) is 0 Å². The maximum atomic E-state index is 12.8. The van der Waals surface area contributed by atoms with Crippen LogP contribution in [0.15, 0.2) is 59.5 Å². The highest BCUT2D eigenvalue weighted by Gasteiger charge is 2.29. The van der Waals surface area contributed by atoms with Crippen molar-refractivity contribution >= 4 is 28.5 Å². The van der Waals surface area contributed by atoms with Gasteiger partial charge in [-0.25, -0.2) is 4.98 Å². The van der Waals surface area contributed by atoms with Crippen molar-refractivity contribution in [3.63, 3.8) is 0 Å². The summed E-state index contributed by atoms with van der Waals surface area (Å²) in [6.07, 6.45) is -3.26. The summed E-state index contributed by atoms with van der Waals surface area (Å²) in [5.41, 5.74) is 1.96. The van der Waals surface area contributed by atoms with Crippen LogP contribution < -0.4 is 10.0 Å². The normalized spacial score (nSPS) is 15.1. The SMILES string of the molecule is FC(F)(F)c1ccc(SNc2cccc3ccc(CNCCCN4CCOCC4)nc23)cc1. The van der Waals surface area contributed by atoms with Gasteiger partial charge >= 0.3 is 6.18 Å². The van der Waals surface area contributed by atoms with Crippen molar-refractivity contribution < 1.29 is 17.9 Å². The molecule has 2 N–H and O–H groups in total. The number of alkyl halides is 3. The van der Waals surface area contributed by atoms with Crippen LogP contribution in [0.5, 0.6) is 0 Å². The van der Waals surface area contributed by atoms with Crippen LogP contribution in [0.4, 0.5) is 18.9 Å². The van der Waals surface area contributed by atoms with Crippen LogP contribution in [0, 0.1) is 0 Å². The molecule has 1 aliphatic heterocycles. The number of hydrogen-bond acceptors (Lipinski definition) is 6. The van der Waals surface area contributed by atoms with Crippen LogP contribution in [-0.4, -0.2) is 49.3 Å². The van der Waals surface area contributed by atoms with Gasteiger partial charge in [-0.1, -0.05) is 18.2 Å². The summed E-state index contributed by atoms with van der Waals surface area (Å²) in [6.45, 7) is 6.32. The van der Waals surface area contributed by atoms with Gasteiger partial charge in [0, 0.05) is 29.9 Å². The van der Waals surface area contributed by atoms with Gasteiger partial charge in [0.2, 0.25) is 0 Å². The average Bonchev–Trinajstić information content (AvgIpc) is 2.83. The first-order valence-electron chi connectivity index (χ1n) is 11.0. The summed E-state index contributed by atoms with van der Waals surface area (Å²) in [4.78, 5) is 7.92. The fraction of sp³-hybridized carbons (Fsp3) is 0.375. The molecule has 0 atom stereocenters. The number of rotatable bonds is 9. The minimum atomic E-state index is -4.33. The monoisotopic (exact) mass is 476 g/mol. The van der Waals surface area contributed by atoms with Crippen LogP contribution in [0.3, 0.4) is 0 Å². The Morgan fingerprint density at radius 1 is 1.00 bits per heavy atom. The van der Waals surface area contributed by atoms with Gasteiger partial charge in [-0.15, -0.1) is 0 Å². The number of aromatic nitrogens is 1. The molecule has 0 aliphatic carbocycles. The summed E-state index contributed by atoms with van der Waals surface area (Å²) < 4.78 is 46.9. The summed E-state index contributed by atoms with van der Waals surface area (Å²) >= 11 is 1.26. The van der Waals surface area contributed by atoms with E-state index in [-0.39, 0.29) is 0 Å². The lowest BCUT2D eigenvalue weighted by molar-refractivity contribution is -0.137. The lowest BCUT2D eigenvalue weighted by Crippen LogP contribution is -2.37. The molecule has 0 spiro atoms. The van der Waals surface area contributed by atoms with E-state index < -0.39 is 11.7 Å². The third-order valence-corrected chi connectivity index (χ3v) is 6.31. The molecule has 1 saturated heterocycles. The Morgan fingerprint density at radius 2 is 1.79 bits per heavy atom. The summed E-state index contributed by atoms with van der Waals surface area (Å²) in [7, 11) is 0. The summed E-state index contributed by atoms with van der Waals surface area (Å²) in [5, 5.41) is 4.47. The van der Waals surface area contributed by atoms with Crippen LogP contribution in [-0.2, 0) is 17.5 Å². The number of pyridine rings is 1. The maximum absolute atomic E-state index is 12.8. The van der Waals surface area contributed by atoms with Gasteiger partial charge in [-0.3, -0.25) is 4.90 Å². The number of para-hydroxylation sites is 1. The fourth-order valence-electron chi connectivity index (χ4n) is 3.66. The van der Waals surface area contributed by atoms with Crippen molar-refractivity contribution in [1.82, 2.24) is 15.2 Å². The number of morpholine rings is 1. The van der Waals surface area contributed by atoms with Crippen LogP contribution in [0.25, 0.3) is 10.9 Å². The van der Waals surface area contributed by atoms with E-state index in [1.807, 2.05) is 30.3 Å². The zero-order valence-corrected chi connectivity index (χ0v) is 19.0. The molecule has 0 bridgehead atoms. The number of fused-ring (bicyclic) bond motifs is 1. The molecule has 0 radical (unpaired) electrons. The van der Waals surface area contributed by atoms with Gasteiger partial charge in [0.15, 0.2) is 0 Å². The minimum Gasteiger partial charge on any atom is -0.379 e. The third kappa shape index (κ3) is 6.83. The molecule has 5 nitrogen and oxygen atoms in total. The minimum absolute atomic E-state index is 0.652. The quantitative estimate of drug-likeness (QED) is 0.328. The number of benzene rings is 2. The highest BCUT2D eigenvalue weighted by atomic mass is 32.2. The smallest absolute Gasteiger partial charge is 0.379 e. The molecule has 176 valence electrons. The third-order valence-electron chi connectivity index (χ3n) is 5.48. The van der Waals surface area contributed by atoms with Gasteiger partial charge in [-0.2, -0.15) is 13.2 Å². The topological polar surface area (TPSA) is 49.4 Å². The van der Waals surface area contributed by atoms with E-state index >= 15 is 0 Å². The predicted octanol–water partition coefficient (Wildman–Crippen LogP) is 5.18. The summed E-state index contributed by atoms with van der Waals surface area (Å²) in [6, 6.07) is 15.0. The molecule has 1 aliphatic rings.